The Morgan fingerprint density at radius 2 is 2.00 bits per heavy atom. The number of hydrogen-bond acceptors (Lipinski definition) is 1. The monoisotopic (exact) mass is 168 g/mol. The minimum atomic E-state index is 0.373. The van der Waals surface area contributed by atoms with Crippen LogP contribution < -0.4 is 0 Å². The molecule has 2 heteroatoms. The minimum absolute atomic E-state index is 0.373. The van der Waals surface area contributed by atoms with Crippen molar-refractivity contribution in [2.75, 3.05) is 6.54 Å². The first-order chi connectivity index (χ1) is 5.52. The fraction of sp³-hybridized carbons (Fsp3) is 0.900. The predicted molar refractivity (Wildman–Crippen MR) is 52.5 cm³/mol. The molecule has 0 saturated carbocycles. The molecule has 2 unspecified atom stereocenters. The molecule has 1 aliphatic rings. The van der Waals surface area contributed by atoms with Crippen LogP contribution >= 0.6 is 0 Å². The summed E-state index contributed by atoms with van der Waals surface area (Å²) in [4.78, 5) is 2.25. The molecule has 1 aliphatic heterocycles. The van der Waals surface area contributed by atoms with Crippen LogP contribution in [0.2, 0.25) is 0 Å². The molecule has 0 bridgehead atoms. The molecule has 0 aromatic carbocycles. The molecule has 0 aliphatic carbocycles. The van der Waals surface area contributed by atoms with Gasteiger partial charge in [-0.05, 0) is 19.3 Å². The molecule has 2 nitrogen and oxygen atoms in total. The van der Waals surface area contributed by atoms with E-state index in [1.54, 1.807) is 0 Å². The maximum atomic E-state index is 7.89. The van der Waals surface area contributed by atoms with Crippen molar-refractivity contribution in [1.82, 2.24) is 4.90 Å². The molecule has 0 aromatic heterocycles. The number of amidine groups is 1. The lowest BCUT2D eigenvalue weighted by Gasteiger charge is -2.26. The highest BCUT2D eigenvalue weighted by Crippen LogP contribution is 2.23. The molecule has 1 fully saturated rings. The second kappa shape index (κ2) is 3.46. The van der Waals surface area contributed by atoms with Gasteiger partial charge in [0, 0.05) is 18.5 Å². The summed E-state index contributed by atoms with van der Waals surface area (Å²) in [5.41, 5.74) is 0. The molecular weight excluding hydrogens is 148 g/mol. The highest BCUT2D eigenvalue weighted by Gasteiger charge is 2.28. The molecular formula is C10H20N2. The summed E-state index contributed by atoms with van der Waals surface area (Å²) in [5, 5.41) is 7.89. The van der Waals surface area contributed by atoms with Gasteiger partial charge in [-0.25, -0.2) is 0 Å². The molecule has 1 saturated heterocycles. The zero-order chi connectivity index (χ0) is 9.30. The van der Waals surface area contributed by atoms with Gasteiger partial charge in [0.25, 0.3) is 0 Å². The zero-order valence-corrected chi connectivity index (χ0v) is 8.59. The van der Waals surface area contributed by atoms with Gasteiger partial charge < -0.3 is 4.90 Å². The molecule has 70 valence electrons. The van der Waals surface area contributed by atoms with Gasteiger partial charge in [0.15, 0.2) is 0 Å². The third kappa shape index (κ3) is 1.79. The van der Waals surface area contributed by atoms with Gasteiger partial charge in [-0.2, -0.15) is 0 Å². The number of hydrogen-bond donors (Lipinski definition) is 1. The van der Waals surface area contributed by atoms with Crippen molar-refractivity contribution < 1.29 is 0 Å². The van der Waals surface area contributed by atoms with Gasteiger partial charge in [0.05, 0.1) is 5.84 Å². The topological polar surface area (TPSA) is 27.1 Å². The summed E-state index contributed by atoms with van der Waals surface area (Å²) in [5.74, 6) is 1.95. The van der Waals surface area contributed by atoms with E-state index in [1.165, 1.54) is 6.42 Å². The summed E-state index contributed by atoms with van der Waals surface area (Å²) < 4.78 is 0. The van der Waals surface area contributed by atoms with Crippen molar-refractivity contribution in [2.45, 2.75) is 40.2 Å². The van der Waals surface area contributed by atoms with Crippen molar-refractivity contribution in [3.8, 4) is 0 Å². The Labute approximate surface area is 75.5 Å². The maximum Gasteiger partial charge on any atom is 0.0986 e. The fourth-order valence-corrected chi connectivity index (χ4v) is 1.97. The first-order valence-corrected chi connectivity index (χ1v) is 4.87. The Hall–Kier alpha value is -0.530. The van der Waals surface area contributed by atoms with E-state index in [9.17, 15) is 0 Å². The van der Waals surface area contributed by atoms with Crippen molar-refractivity contribution in [3.05, 3.63) is 0 Å². The van der Waals surface area contributed by atoms with Gasteiger partial charge in [0.2, 0.25) is 0 Å². The lowest BCUT2D eigenvalue weighted by Crippen LogP contribution is -2.36. The largest absolute Gasteiger partial charge is 0.357 e. The van der Waals surface area contributed by atoms with Crippen LogP contribution in [0.5, 0.6) is 0 Å². The number of likely N-dealkylation sites (tertiary alicyclic amines) is 1. The minimum Gasteiger partial charge on any atom is -0.357 e. The van der Waals surface area contributed by atoms with E-state index >= 15 is 0 Å². The molecule has 12 heavy (non-hydrogen) atoms. The standard InChI is InChI=1S/C10H20N2/c1-7(2)10(11)12-6-8(3)5-9(12)4/h7-9,11H,5-6H2,1-4H3. The third-order valence-electron chi connectivity index (χ3n) is 2.64. The predicted octanol–water partition coefficient (Wildman–Crippen LogP) is 2.35. The Balaban J connectivity index is 2.58. The quantitative estimate of drug-likeness (QED) is 0.472. The van der Waals surface area contributed by atoms with Crippen LogP contribution in [0.1, 0.15) is 34.1 Å². The van der Waals surface area contributed by atoms with E-state index in [2.05, 4.69) is 32.6 Å². The van der Waals surface area contributed by atoms with Gasteiger partial charge in [-0.1, -0.05) is 20.8 Å². The van der Waals surface area contributed by atoms with Crippen molar-refractivity contribution in [2.24, 2.45) is 11.8 Å². The van der Waals surface area contributed by atoms with Gasteiger partial charge in [-0.15, -0.1) is 0 Å². The second-order valence-electron chi connectivity index (χ2n) is 4.38. The lowest BCUT2D eigenvalue weighted by molar-refractivity contribution is 0.389. The maximum absolute atomic E-state index is 7.89. The van der Waals surface area contributed by atoms with Gasteiger partial charge in [0.1, 0.15) is 0 Å². The third-order valence-corrected chi connectivity index (χ3v) is 2.64. The fourth-order valence-electron chi connectivity index (χ4n) is 1.97. The molecule has 0 amide bonds. The number of rotatable bonds is 1. The normalized spacial score (nSPS) is 29.9. The average molecular weight is 168 g/mol. The first-order valence-electron chi connectivity index (χ1n) is 4.87. The first kappa shape index (κ1) is 9.56. The molecule has 0 aromatic rings. The second-order valence-corrected chi connectivity index (χ2v) is 4.38. The molecule has 0 spiro atoms. The Morgan fingerprint density at radius 3 is 2.33 bits per heavy atom. The molecule has 2 atom stereocenters. The van der Waals surface area contributed by atoms with Crippen LogP contribution in [0.4, 0.5) is 0 Å². The van der Waals surface area contributed by atoms with Crippen molar-refractivity contribution in [1.29, 1.82) is 5.41 Å². The van der Waals surface area contributed by atoms with E-state index in [4.69, 9.17) is 5.41 Å². The van der Waals surface area contributed by atoms with Crippen LogP contribution in [0.3, 0.4) is 0 Å². The molecule has 1 heterocycles. The van der Waals surface area contributed by atoms with Crippen LogP contribution in [0, 0.1) is 17.2 Å². The number of nitrogens with zero attached hydrogens (tertiary/aromatic N) is 1. The van der Waals surface area contributed by atoms with Gasteiger partial charge in [-0.3, -0.25) is 5.41 Å². The van der Waals surface area contributed by atoms with Crippen LogP contribution in [-0.2, 0) is 0 Å². The summed E-state index contributed by atoms with van der Waals surface area (Å²) in [6.07, 6.45) is 1.25. The van der Waals surface area contributed by atoms with Crippen molar-refractivity contribution in [3.63, 3.8) is 0 Å². The summed E-state index contributed by atoms with van der Waals surface area (Å²) >= 11 is 0. The van der Waals surface area contributed by atoms with Crippen LogP contribution in [-0.4, -0.2) is 23.3 Å². The van der Waals surface area contributed by atoms with E-state index in [1.807, 2.05) is 0 Å². The van der Waals surface area contributed by atoms with E-state index < -0.39 is 0 Å². The SMILES string of the molecule is CC1CC(C)N(C(=N)C(C)C)C1. The zero-order valence-electron chi connectivity index (χ0n) is 8.59. The Bertz CT molecular complexity index is 175. The summed E-state index contributed by atoms with van der Waals surface area (Å²) in [6.45, 7) is 9.76. The average Bonchev–Trinajstić information content (AvgIpc) is 2.28. The smallest absolute Gasteiger partial charge is 0.0986 e. The van der Waals surface area contributed by atoms with E-state index in [0.717, 1.165) is 18.3 Å². The molecule has 1 N–H and O–H groups in total. The molecule has 0 radical (unpaired) electrons. The van der Waals surface area contributed by atoms with Gasteiger partial charge >= 0.3 is 0 Å². The Morgan fingerprint density at radius 1 is 1.42 bits per heavy atom. The van der Waals surface area contributed by atoms with E-state index in [-0.39, 0.29) is 0 Å². The van der Waals surface area contributed by atoms with E-state index in [0.29, 0.717) is 12.0 Å². The lowest BCUT2D eigenvalue weighted by atomic mass is 10.1. The summed E-state index contributed by atoms with van der Waals surface area (Å²) in [6, 6.07) is 0.579. The highest BCUT2D eigenvalue weighted by atomic mass is 15.2. The summed E-state index contributed by atoms with van der Waals surface area (Å²) in [7, 11) is 0. The van der Waals surface area contributed by atoms with Crippen LogP contribution in [0.25, 0.3) is 0 Å². The number of nitrogens with one attached hydrogen (secondary N) is 1. The van der Waals surface area contributed by atoms with Crippen molar-refractivity contribution >= 4 is 5.84 Å². The molecule has 1 rings (SSSR count). The highest BCUT2D eigenvalue weighted by molar-refractivity contribution is 5.81. The van der Waals surface area contributed by atoms with Crippen LogP contribution in [0.15, 0.2) is 0 Å². The Kier molecular flexibility index (Phi) is 2.76.